The summed E-state index contributed by atoms with van der Waals surface area (Å²) in [5.74, 6) is -0.545. The standard InChI is InChI=1S/C28H40O8/c1-13-10-16-20(24(33)34-13)21(32)23-26(5)9-8-17-25(3,4)19(35-14(2)29)11-18(31)28(17,7)22(26)15(30)12-27(23,6)36-16/h10,15,17-19,21-23,30-32H,8-9,11-12H2,1-7H3/t15-,17-,18+,19-,21+,22-,23-,26+,27-,28+/m0/s1. The maximum absolute atomic E-state index is 12.8. The largest absolute Gasteiger partial charge is 0.486 e. The van der Waals surface area contributed by atoms with Crippen molar-refractivity contribution in [2.75, 3.05) is 0 Å². The van der Waals surface area contributed by atoms with Gasteiger partial charge in [0.2, 0.25) is 0 Å². The van der Waals surface area contributed by atoms with Crippen LogP contribution in [-0.4, -0.2) is 45.2 Å². The van der Waals surface area contributed by atoms with E-state index in [1.165, 1.54) is 6.92 Å². The lowest BCUT2D eigenvalue weighted by Crippen LogP contribution is -2.73. The highest BCUT2D eigenvalue weighted by Crippen LogP contribution is 2.72. The third-order valence-electron chi connectivity index (χ3n) is 10.7. The van der Waals surface area contributed by atoms with Crippen LogP contribution in [0.1, 0.15) is 84.7 Å². The number of aliphatic hydroxyl groups excluding tert-OH is 3. The molecule has 1 aromatic heterocycles. The minimum atomic E-state index is -1.13. The molecule has 1 aliphatic heterocycles. The molecule has 0 radical (unpaired) electrons. The van der Waals surface area contributed by atoms with E-state index in [1.807, 2.05) is 13.8 Å². The quantitative estimate of drug-likeness (QED) is 0.498. The molecule has 3 fully saturated rings. The van der Waals surface area contributed by atoms with Gasteiger partial charge in [0.1, 0.15) is 28.8 Å². The number of aliphatic hydroxyl groups is 3. The molecule has 0 unspecified atom stereocenters. The molecule has 8 nitrogen and oxygen atoms in total. The number of fused-ring (bicyclic) bond motifs is 6. The van der Waals surface area contributed by atoms with Crippen LogP contribution in [0, 0.1) is 40.9 Å². The first-order valence-electron chi connectivity index (χ1n) is 13.1. The summed E-state index contributed by atoms with van der Waals surface area (Å²) in [5.41, 5.74) is -3.15. The lowest BCUT2D eigenvalue weighted by molar-refractivity contribution is -0.296. The topological polar surface area (TPSA) is 126 Å². The first-order chi connectivity index (χ1) is 16.6. The third kappa shape index (κ3) is 3.23. The number of carbonyl (C=O) groups is 1. The van der Waals surface area contributed by atoms with Gasteiger partial charge in [0.15, 0.2) is 0 Å². The number of rotatable bonds is 1. The van der Waals surface area contributed by atoms with Crippen LogP contribution in [0.15, 0.2) is 15.3 Å². The molecule has 0 bridgehead atoms. The van der Waals surface area contributed by atoms with Gasteiger partial charge in [-0.05, 0) is 43.9 Å². The van der Waals surface area contributed by atoms with Crippen molar-refractivity contribution in [3.63, 3.8) is 0 Å². The van der Waals surface area contributed by atoms with Crippen molar-refractivity contribution >= 4 is 5.97 Å². The Balaban J connectivity index is 1.62. The second-order valence-electron chi connectivity index (χ2n) is 13.1. The Morgan fingerprint density at radius 3 is 2.42 bits per heavy atom. The maximum atomic E-state index is 12.8. The van der Waals surface area contributed by atoms with Gasteiger partial charge in [0.25, 0.3) is 0 Å². The molecular formula is C28H40O8. The van der Waals surface area contributed by atoms with E-state index in [9.17, 15) is 24.9 Å². The molecule has 200 valence electrons. The van der Waals surface area contributed by atoms with Crippen molar-refractivity contribution < 1.29 is 34.0 Å². The number of hydrogen-bond acceptors (Lipinski definition) is 8. The average molecular weight is 505 g/mol. The Morgan fingerprint density at radius 2 is 1.78 bits per heavy atom. The summed E-state index contributed by atoms with van der Waals surface area (Å²) < 4.78 is 17.4. The van der Waals surface area contributed by atoms with Crippen LogP contribution in [0.5, 0.6) is 5.75 Å². The predicted octanol–water partition coefficient (Wildman–Crippen LogP) is 3.27. The molecule has 8 heteroatoms. The van der Waals surface area contributed by atoms with Crippen LogP contribution in [-0.2, 0) is 9.53 Å². The minimum absolute atomic E-state index is 0.0307. The van der Waals surface area contributed by atoms with Gasteiger partial charge in [-0.2, -0.15) is 0 Å². The number of hydrogen-bond donors (Lipinski definition) is 3. The van der Waals surface area contributed by atoms with Crippen LogP contribution >= 0.6 is 0 Å². The fourth-order valence-electron chi connectivity index (χ4n) is 9.57. The van der Waals surface area contributed by atoms with Crippen molar-refractivity contribution in [3.8, 4) is 5.75 Å². The van der Waals surface area contributed by atoms with Crippen molar-refractivity contribution in [1.29, 1.82) is 0 Å². The van der Waals surface area contributed by atoms with Gasteiger partial charge >= 0.3 is 11.6 Å². The van der Waals surface area contributed by atoms with Gasteiger partial charge in [-0.25, -0.2) is 4.79 Å². The summed E-state index contributed by atoms with van der Waals surface area (Å²) in [6.45, 7) is 13.2. The van der Waals surface area contributed by atoms with Gasteiger partial charge in [-0.15, -0.1) is 0 Å². The van der Waals surface area contributed by atoms with Gasteiger partial charge in [-0.1, -0.05) is 27.7 Å². The van der Waals surface area contributed by atoms with E-state index in [0.29, 0.717) is 24.4 Å². The van der Waals surface area contributed by atoms with Crippen LogP contribution in [0.2, 0.25) is 0 Å². The molecule has 0 aromatic carbocycles. The average Bonchev–Trinajstić information content (AvgIpc) is 2.69. The Bertz CT molecular complexity index is 1140. The van der Waals surface area contributed by atoms with Crippen molar-refractivity contribution in [2.45, 2.75) is 104 Å². The van der Waals surface area contributed by atoms with Crippen molar-refractivity contribution in [3.05, 3.63) is 27.8 Å². The molecule has 3 saturated carbocycles. The third-order valence-corrected chi connectivity index (χ3v) is 10.7. The van der Waals surface area contributed by atoms with Crippen LogP contribution in [0.3, 0.4) is 0 Å². The van der Waals surface area contributed by atoms with Crippen LogP contribution < -0.4 is 10.4 Å². The lowest BCUT2D eigenvalue weighted by atomic mass is 9.36. The van der Waals surface area contributed by atoms with Gasteiger partial charge in [0, 0.05) is 42.6 Å². The van der Waals surface area contributed by atoms with Gasteiger partial charge in [0.05, 0.1) is 18.3 Å². The summed E-state index contributed by atoms with van der Waals surface area (Å²) in [4.78, 5) is 24.7. The summed E-state index contributed by atoms with van der Waals surface area (Å²) in [6, 6.07) is 1.63. The molecule has 0 saturated heterocycles. The first kappa shape index (κ1) is 25.7. The smallest absolute Gasteiger partial charge is 0.345 e. The normalized spacial score (nSPS) is 46.9. The molecule has 0 amide bonds. The van der Waals surface area contributed by atoms with E-state index in [0.717, 1.165) is 0 Å². The van der Waals surface area contributed by atoms with Crippen LogP contribution in [0.25, 0.3) is 0 Å². The molecular weight excluding hydrogens is 464 g/mol. The van der Waals surface area contributed by atoms with E-state index >= 15 is 0 Å². The van der Waals surface area contributed by atoms with E-state index < -0.39 is 57.8 Å². The van der Waals surface area contributed by atoms with Crippen molar-refractivity contribution in [2.24, 2.45) is 34.0 Å². The first-order valence-corrected chi connectivity index (χ1v) is 13.1. The van der Waals surface area contributed by atoms with Gasteiger partial charge < -0.3 is 29.2 Å². The fourth-order valence-corrected chi connectivity index (χ4v) is 9.57. The zero-order chi connectivity index (χ0) is 26.6. The Kier molecular flexibility index (Phi) is 5.58. The molecule has 2 heterocycles. The highest BCUT2D eigenvalue weighted by Gasteiger charge is 2.73. The number of esters is 1. The number of carbonyl (C=O) groups excluding carboxylic acids is 1. The maximum Gasteiger partial charge on any atom is 0.345 e. The molecule has 1 aromatic rings. The summed E-state index contributed by atoms with van der Waals surface area (Å²) >= 11 is 0. The summed E-state index contributed by atoms with van der Waals surface area (Å²) in [6.07, 6.45) is -1.25. The Morgan fingerprint density at radius 1 is 1.11 bits per heavy atom. The zero-order valence-electron chi connectivity index (χ0n) is 22.3. The predicted molar refractivity (Wildman–Crippen MR) is 130 cm³/mol. The molecule has 36 heavy (non-hydrogen) atoms. The van der Waals surface area contributed by atoms with Crippen LogP contribution in [0.4, 0.5) is 0 Å². The summed E-state index contributed by atoms with van der Waals surface area (Å²) in [7, 11) is 0. The molecule has 3 aliphatic carbocycles. The van der Waals surface area contributed by atoms with Gasteiger partial charge in [-0.3, -0.25) is 4.79 Å². The second kappa shape index (κ2) is 7.81. The van der Waals surface area contributed by atoms with E-state index in [-0.39, 0.29) is 36.2 Å². The fraction of sp³-hybridized carbons (Fsp3) is 0.786. The highest BCUT2D eigenvalue weighted by atomic mass is 16.5. The number of aryl methyl sites for hydroxylation is 1. The minimum Gasteiger partial charge on any atom is -0.486 e. The second-order valence-corrected chi connectivity index (χ2v) is 13.1. The Hall–Kier alpha value is -1.90. The Labute approximate surface area is 212 Å². The van der Waals surface area contributed by atoms with E-state index in [4.69, 9.17) is 13.9 Å². The zero-order valence-corrected chi connectivity index (χ0v) is 22.3. The highest BCUT2D eigenvalue weighted by molar-refractivity contribution is 5.66. The molecule has 0 spiro atoms. The van der Waals surface area contributed by atoms with E-state index in [2.05, 4.69) is 20.8 Å². The molecule has 5 rings (SSSR count). The lowest BCUT2D eigenvalue weighted by Gasteiger charge is -2.71. The number of ether oxygens (including phenoxy) is 2. The van der Waals surface area contributed by atoms with E-state index in [1.54, 1.807) is 13.0 Å². The molecule has 3 N–H and O–H groups in total. The SMILES string of the molecule is CC(=O)O[C@H]1C[C@@H](O)[C@@]2(C)[C@@H](CC[C@]3(C)[C@@H]2[C@@H](O)C[C@]2(C)Oc4cc(C)oc(=O)c4[C@@H](O)[C@@H]32)C1(C)C. The van der Waals surface area contributed by atoms with Crippen molar-refractivity contribution in [1.82, 2.24) is 0 Å². The summed E-state index contributed by atoms with van der Waals surface area (Å²) in [5, 5.41) is 35.2. The molecule has 4 aliphatic rings. The molecule has 10 atom stereocenters. The monoisotopic (exact) mass is 504 g/mol.